The second-order valence-corrected chi connectivity index (χ2v) is 5.04. The van der Waals surface area contributed by atoms with E-state index in [-0.39, 0.29) is 12.4 Å². The summed E-state index contributed by atoms with van der Waals surface area (Å²) in [7, 11) is 0. The molecule has 3 rings (SSSR count). The Morgan fingerprint density at radius 1 is 1.29 bits per heavy atom. The molecule has 1 saturated heterocycles. The molecule has 1 unspecified atom stereocenters. The zero-order chi connectivity index (χ0) is 13.9. The van der Waals surface area contributed by atoms with Crippen molar-refractivity contribution >= 4 is 12.4 Å². The summed E-state index contributed by atoms with van der Waals surface area (Å²) in [6.07, 6.45) is 2.87. The normalized spacial score (nSPS) is 17.7. The van der Waals surface area contributed by atoms with Gasteiger partial charge in [0.25, 0.3) is 0 Å². The molecule has 0 amide bonds. The van der Waals surface area contributed by atoms with Crippen molar-refractivity contribution in [3.63, 3.8) is 0 Å². The molecule has 0 bridgehead atoms. The van der Waals surface area contributed by atoms with Crippen LogP contribution in [-0.4, -0.2) is 23.2 Å². The number of hydrogen-bond acceptors (Lipinski definition) is 4. The molecule has 1 aliphatic heterocycles. The van der Waals surface area contributed by atoms with Crippen LogP contribution in [0.15, 0.2) is 22.7 Å². The van der Waals surface area contributed by atoms with Crippen molar-refractivity contribution in [1.29, 1.82) is 0 Å². The Morgan fingerprint density at radius 2 is 2.14 bits per heavy atom. The number of benzene rings is 1. The van der Waals surface area contributed by atoms with E-state index >= 15 is 0 Å². The van der Waals surface area contributed by atoms with Crippen molar-refractivity contribution in [1.82, 2.24) is 15.5 Å². The molecular formula is C14H16ClF2N3O. The molecule has 0 radical (unpaired) electrons. The van der Waals surface area contributed by atoms with Crippen molar-refractivity contribution in [2.75, 3.05) is 13.1 Å². The zero-order valence-corrected chi connectivity index (χ0v) is 12.1. The first-order valence-corrected chi connectivity index (χ1v) is 6.71. The van der Waals surface area contributed by atoms with Crippen LogP contribution in [0.4, 0.5) is 8.78 Å². The van der Waals surface area contributed by atoms with Crippen molar-refractivity contribution in [3.05, 3.63) is 35.7 Å². The van der Waals surface area contributed by atoms with Gasteiger partial charge in [0.1, 0.15) is 0 Å². The van der Waals surface area contributed by atoms with Crippen LogP contribution < -0.4 is 5.32 Å². The van der Waals surface area contributed by atoms with E-state index in [2.05, 4.69) is 15.5 Å². The minimum Gasteiger partial charge on any atom is -0.339 e. The molecule has 0 spiro atoms. The molecule has 4 nitrogen and oxygen atoms in total. The molecule has 21 heavy (non-hydrogen) atoms. The van der Waals surface area contributed by atoms with Crippen LogP contribution in [0.25, 0.3) is 11.4 Å². The molecule has 0 aliphatic carbocycles. The van der Waals surface area contributed by atoms with E-state index in [0.29, 0.717) is 29.6 Å². The maximum atomic E-state index is 13.2. The summed E-state index contributed by atoms with van der Waals surface area (Å²) in [5.74, 6) is -0.314. The highest BCUT2D eigenvalue weighted by Gasteiger charge is 2.16. The molecule has 1 fully saturated rings. The van der Waals surface area contributed by atoms with E-state index in [9.17, 15) is 8.78 Å². The SMILES string of the molecule is Cl.Fc1ccc(-c2noc(CCC3CCNC3)n2)cc1F. The van der Waals surface area contributed by atoms with Gasteiger partial charge >= 0.3 is 0 Å². The Hall–Kier alpha value is -1.53. The van der Waals surface area contributed by atoms with Gasteiger partial charge in [0.15, 0.2) is 11.6 Å². The van der Waals surface area contributed by atoms with Crippen LogP contribution in [0, 0.1) is 17.6 Å². The van der Waals surface area contributed by atoms with Gasteiger partial charge in [0, 0.05) is 12.0 Å². The second kappa shape index (κ2) is 6.95. The fourth-order valence-electron chi connectivity index (χ4n) is 2.40. The number of aromatic nitrogens is 2. The standard InChI is InChI=1S/C14H15F2N3O.ClH/c15-11-3-2-10(7-12(11)16)14-18-13(20-19-14)4-1-9-5-6-17-8-9;/h2-3,7,9,17H,1,4-6,8H2;1H. The molecule has 1 atom stereocenters. The molecule has 7 heteroatoms. The third kappa shape index (κ3) is 3.77. The molecule has 1 N–H and O–H groups in total. The lowest BCUT2D eigenvalue weighted by Gasteiger charge is -2.03. The van der Waals surface area contributed by atoms with Crippen molar-refractivity contribution in [2.24, 2.45) is 5.92 Å². The van der Waals surface area contributed by atoms with E-state index in [1.54, 1.807) is 0 Å². The first-order valence-electron chi connectivity index (χ1n) is 6.71. The van der Waals surface area contributed by atoms with Gasteiger partial charge in [-0.1, -0.05) is 5.16 Å². The summed E-state index contributed by atoms with van der Waals surface area (Å²) in [5.41, 5.74) is 0.418. The van der Waals surface area contributed by atoms with E-state index in [1.807, 2.05) is 0 Å². The van der Waals surface area contributed by atoms with Crippen LogP contribution in [0.1, 0.15) is 18.7 Å². The molecule has 2 aromatic rings. The first kappa shape index (κ1) is 15.9. The third-order valence-corrected chi connectivity index (χ3v) is 3.57. The average Bonchev–Trinajstić information content (AvgIpc) is 3.10. The predicted molar refractivity (Wildman–Crippen MR) is 76.2 cm³/mol. The van der Waals surface area contributed by atoms with Gasteiger partial charge in [0.2, 0.25) is 11.7 Å². The van der Waals surface area contributed by atoms with Crippen LogP contribution in [-0.2, 0) is 6.42 Å². The molecular weight excluding hydrogens is 300 g/mol. The van der Waals surface area contributed by atoms with E-state index in [0.717, 1.165) is 31.6 Å². The van der Waals surface area contributed by atoms with Crippen LogP contribution in [0.5, 0.6) is 0 Å². The van der Waals surface area contributed by atoms with Gasteiger partial charge in [-0.25, -0.2) is 8.78 Å². The summed E-state index contributed by atoms with van der Waals surface area (Å²) in [6.45, 7) is 2.10. The summed E-state index contributed by atoms with van der Waals surface area (Å²) in [4.78, 5) is 4.22. The molecule has 0 saturated carbocycles. The van der Waals surface area contributed by atoms with Gasteiger partial charge < -0.3 is 9.84 Å². The van der Waals surface area contributed by atoms with Crippen LogP contribution in [0.3, 0.4) is 0 Å². The van der Waals surface area contributed by atoms with Crippen molar-refractivity contribution < 1.29 is 13.3 Å². The van der Waals surface area contributed by atoms with Gasteiger partial charge in [-0.15, -0.1) is 12.4 Å². The van der Waals surface area contributed by atoms with Gasteiger partial charge in [-0.05, 0) is 50.0 Å². The predicted octanol–water partition coefficient (Wildman–Crippen LogP) is 2.98. The Bertz CT molecular complexity index is 600. The number of aryl methyl sites for hydroxylation is 1. The summed E-state index contributed by atoms with van der Waals surface area (Å²) < 4.78 is 31.2. The van der Waals surface area contributed by atoms with E-state index in [4.69, 9.17) is 4.52 Å². The molecule has 1 aliphatic rings. The monoisotopic (exact) mass is 315 g/mol. The molecule has 1 aromatic carbocycles. The summed E-state index contributed by atoms with van der Waals surface area (Å²) >= 11 is 0. The fraction of sp³-hybridized carbons (Fsp3) is 0.429. The topological polar surface area (TPSA) is 51.0 Å². The molecule has 1 aromatic heterocycles. The van der Waals surface area contributed by atoms with E-state index in [1.165, 1.54) is 12.5 Å². The Kier molecular flexibility index (Phi) is 5.25. The highest BCUT2D eigenvalue weighted by Crippen LogP contribution is 2.20. The second-order valence-electron chi connectivity index (χ2n) is 5.04. The quantitative estimate of drug-likeness (QED) is 0.942. The van der Waals surface area contributed by atoms with Gasteiger partial charge in [-0.2, -0.15) is 4.98 Å². The highest BCUT2D eigenvalue weighted by molar-refractivity contribution is 5.85. The fourth-order valence-corrected chi connectivity index (χ4v) is 2.40. The summed E-state index contributed by atoms with van der Waals surface area (Å²) in [5, 5.41) is 7.12. The van der Waals surface area contributed by atoms with Crippen LogP contribution >= 0.6 is 12.4 Å². The minimum atomic E-state index is -0.911. The number of hydrogen-bond donors (Lipinski definition) is 1. The van der Waals surface area contributed by atoms with E-state index < -0.39 is 11.6 Å². The Morgan fingerprint density at radius 3 is 2.86 bits per heavy atom. The van der Waals surface area contributed by atoms with Gasteiger partial charge in [-0.3, -0.25) is 0 Å². The van der Waals surface area contributed by atoms with Crippen molar-refractivity contribution in [2.45, 2.75) is 19.3 Å². The largest absolute Gasteiger partial charge is 0.339 e. The number of nitrogens with one attached hydrogen (secondary N) is 1. The first-order chi connectivity index (χ1) is 9.72. The lowest BCUT2D eigenvalue weighted by atomic mass is 10.0. The smallest absolute Gasteiger partial charge is 0.226 e. The lowest BCUT2D eigenvalue weighted by Crippen LogP contribution is -2.09. The minimum absolute atomic E-state index is 0. The lowest BCUT2D eigenvalue weighted by molar-refractivity contribution is 0.365. The highest BCUT2D eigenvalue weighted by atomic mass is 35.5. The third-order valence-electron chi connectivity index (χ3n) is 3.57. The summed E-state index contributed by atoms with van der Waals surface area (Å²) in [6, 6.07) is 3.57. The maximum Gasteiger partial charge on any atom is 0.226 e. The number of nitrogens with zero attached hydrogens (tertiary/aromatic N) is 2. The Balaban J connectivity index is 0.00000161. The van der Waals surface area contributed by atoms with Crippen LogP contribution in [0.2, 0.25) is 0 Å². The number of rotatable bonds is 4. The van der Waals surface area contributed by atoms with Gasteiger partial charge in [0.05, 0.1) is 0 Å². The average molecular weight is 316 g/mol. The molecule has 114 valence electrons. The maximum absolute atomic E-state index is 13.2. The number of halogens is 3. The van der Waals surface area contributed by atoms with Crippen molar-refractivity contribution in [3.8, 4) is 11.4 Å². The Labute approximate surface area is 127 Å². The zero-order valence-electron chi connectivity index (χ0n) is 11.3. The molecule has 2 heterocycles.